The van der Waals surface area contributed by atoms with Crippen LogP contribution in [0.4, 0.5) is 4.79 Å². The molecule has 0 bridgehead atoms. The highest BCUT2D eigenvalue weighted by Crippen LogP contribution is 2.44. The number of hydrogen-bond acceptors (Lipinski definition) is 5. The molecule has 0 radical (unpaired) electrons. The van der Waals surface area contributed by atoms with E-state index >= 15 is 0 Å². The maximum absolute atomic E-state index is 12.8. The van der Waals surface area contributed by atoms with E-state index in [0.29, 0.717) is 13.1 Å². The Morgan fingerprint density at radius 2 is 1.89 bits per heavy atom. The van der Waals surface area contributed by atoms with E-state index in [1.807, 2.05) is 33.3 Å². The van der Waals surface area contributed by atoms with Crippen LogP contribution in [0.1, 0.15) is 58.9 Å². The zero-order valence-corrected chi connectivity index (χ0v) is 20.4. The average molecular weight is 424 g/mol. The second kappa shape index (κ2) is 6.85. The second-order valence-corrected chi connectivity index (χ2v) is 15.8. The SMILES string of the molecule is Cn1c2c(c3scnc31)C(O[Si](C)(C)C(C)(C)C)CN(C(=O)OC(C)(C)C)C2. The molecule has 3 heterocycles. The third-order valence-electron chi connectivity index (χ3n) is 5.77. The van der Waals surface area contributed by atoms with Crippen molar-refractivity contribution in [2.24, 2.45) is 7.05 Å². The van der Waals surface area contributed by atoms with Crippen LogP contribution in [-0.2, 0) is 22.8 Å². The summed E-state index contributed by atoms with van der Waals surface area (Å²) in [6.07, 6.45) is -0.458. The lowest BCUT2D eigenvalue weighted by molar-refractivity contribution is 0.00938. The molecule has 0 aliphatic carbocycles. The molecule has 2 aromatic rings. The Labute approximate surface area is 173 Å². The van der Waals surface area contributed by atoms with E-state index in [0.717, 1.165) is 11.3 Å². The number of carbonyl (C=O) groups is 1. The number of aryl methyl sites for hydroxylation is 1. The van der Waals surface area contributed by atoms with Crippen LogP contribution in [0.15, 0.2) is 5.51 Å². The first-order valence-electron chi connectivity index (χ1n) is 9.77. The van der Waals surface area contributed by atoms with Gasteiger partial charge in [0.05, 0.1) is 29.4 Å². The largest absolute Gasteiger partial charge is 0.444 e. The minimum atomic E-state index is -2.03. The zero-order valence-electron chi connectivity index (χ0n) is 18.5. The quantitative estimate of drug-likeness (QED) is 0.603. The highest BCUT2D eigenvalue weighted by molar-refractivity contribution is 7.17. The summed E-state index contributed by atoms with van der Waals surface area (Å²) in [5.41, 5.74) is 4.61. The van der Waals surface area contributed by atoms with Gasteiger partial charge >= 0.3 is 6.09 Å². The molecule has 6 nitrogen and oxygen atoms in total. The zero-order chi connectivity index (χ0) is 21.1. The molecule has 3 rings (SSSR count). The lowest BCUT2D eigenvalue weighted by Gasteiger charge is -2.42. The summed E-state index contributed by atoms with van der Waals surface area (Å²) < 4.78 is 15.7. The van der Waals surface area contributed by atoms with Crippen LogP contribution < -0.4 is 0 Å². The Balaban J connectivity index is 2.02. The van der Waals surface area contributed by atoms with Gasteiger partial charge in [-0.05, 0) is 38.9 Å². The van der Waals surface area contributed by atoms with E-state index in [1.54, 1.807) is 16.2 Å². The first kappa shape index (κ1) is 21.3. The van der Waals surface area contributed by atoms with Gasteiger partial charge in [0, 0.05) is 18.3 Å². The molecule has 1 unspecified atom stereocenters. The predicted molar refractivity (Wildman–Crippen MR) is 116 cm³/mol. The van der Waals surface area contributed by atoms with Crippen molar-refractivity contribution in [2.75, 3.05) is 6.54 Å². The van der Waals surface area contributed by atoms with Crippen LogP contribution in [0, 0.1) is 0 Å². The lowest BCUT2D eigenvalue weighted by Crippen LogP contribution is -2.47. The molecule has 0 aromatic carbocycles. The van der Waals surface area contributed by atoms with Gasteiger partial charge in [0.25, 0.3) is 0 Å². The standard InChI is InChI=1S/C20H33N3O3SSi/c1-19(2,3)25-18(24)23-10-13-15(16-17(22(13)7)21-12-27-16)14(11-23)26-28(8,9)20(4,5)6/h12,14H,10-11H2,1-9H3. The third-order valence-corrected chi connectivity index (χ3v) is 11.1. The van der Waals surface area contributed by atoms with Gasteiger partial charge < -0.3 is 13.7 Å². The highest BCUT2D eigenvalue weighted by atomic mass is 32.1. The summed E-state index contributed by atoms with van der Waals surface area (Å²) in [6.45, 7) is 17.9. The maximum atomic E-state index is 12.8. The van der Waals surface area contributed by atoms with Crippen LogP contribution in [0.2, 0.25) is 18.1 Å². The van der Waals surface area contributed by atoms with Crippen molar-refractivity contribution in [2.45, 2.75) is 77.9 Å². The number of rotatable bonds is 2. The van der Waals surface area contributed by atoms with E-state index in [2.05, 4.69) is 43.4 Å². The summed E-state index contributed by atoms with van der Waals surface area (Å²) in [6, 6.07) is 0. The normalized spacial score (nSPS) is 18.5. The Kier molecular flexibility index (Phi) is 5.22. The van der Waals surface area contributed by atoms with E-state index in [1.165, 1.54) is 10.3 Å². The molecule has 0 saturated carbocycles. The number of carbonyl (C=O) groups excluding carboxylic acids is 1. The number of hydrogen-bond donors (Lipinski definition) is 0. The number of amides is 1. The molecule has 0 spiro atoms. The number of aromatic nitrogens is 2. The number of nitrogens with zero attached hydrogens (tertiary/aromatic N) is 3. The summed E-state index contributed by atoms with van der Waals surface area (Å²) >= 11 is 1.65. The van der Waals surface area contributed by atoms with Gasteiger partial charge in [-0.15, -0.1) is 11.3 Å². The average Bonchev–Trinajstić information content (AvgIpc) is 3.07. The molecule has 1 atom stereocenters. The lowest BCUT2D eigenvalue weighted by atomic mass is 10.1. The first-order valence-corrected chi connectivity index (χ1v) is 13.6. The number of fused-ring (bicyclic) bond motifs is 3. The fourth-order valence-electron chi connectivity index (χ4n) is 3.26. The number of ether oxygens (including phenoxy) is 1. The fraction of sp³-hybridized carbons (Fsp3) is 0.700. The van der Waals surface area contributed by atoms with E-state index in [-0.39, 0.29) is 17.2 Å². The molecular formula is C20H33N3O3SSi. The van der Waals surface area contributed by atoms with E-state index in [9.17, 15) is 4.79 Å². The Morgan fingerprint density at radius 1 is 1.25 bits per heavy atom. The van der Waals surface area contributed by atoms with Crippen molar-refractivity contribution in [3.8, 4) is 0 Å². The van der Waals surface area contributed by atoms with Gasteiger partial charge in [-0.2, -0.15) is 0 Å². The Morgan fingerprint density at radius 3 is 2.46 bits per heavy atom. The molecular weight excluding hydrogens is 390 g/mol. The predicted octanol–water partition coefficient (Wildman–Crippen LogP) is 5.45. The van der Waals surface area contributed by atoms with Crippen molar-refractivity contribution in [1.82, 2.24) is 14.5 Å². The van der Waals surface area contributed by atoms with Gasteiger partial charge in [-0.25, -0.2) is 9.78 Å². The highest BCUT2D eigenvalue weighted by Gasteiger charge is 2.43. The van der Waals surface area contributed by atoms with Crippen LogP contribution in [-0.4, -0.2) is 41.0 Å². The van der Waals surface area contributed by atoms with Crippen LogP contribution in [0.3, 0.4) is 0 Å². The molecule has 28 heavy (non-hydrogen) atoms. The smallest absolute Gasteiger partial charge is 0.410 e. The van der Waals surface area contributed by atoms with Gasteiger partial charge in [0.2, 0.25) is 0 Å². The number of thiazole rings is 1. The topological polar surface area (TPSA) is 56.6 Å². The monoisotopic (exact) mass is 423 g/mol. The molecule has 1 amide bonds. The Bertz CT molecular complexity index is 889. The maximum Gasteiger partial charge on any atom is 0.410 e. The van der Waals surface area contributed by atoms with Gasteiger partial charge in [0.1, 0.15) is 5.60 Å². The van der Waals surface area contributed by atoms with Crippen molar-refractivity contribution in [3.63, 3.8) is 0 Å². The molecule has 156 valence electrons. The molecule has 0 saturated heterocycles. The van der Waals surface area contributed by atoms with Gasteiger partial charge in [0.15, 0.2) is 14.0 Å². The molecule has 0 N–H and O–H groups in total. The van der Waals surface area contributed by atoms with Crippen molar-refractivity contribution >= 4 is 36.1 Å². The van der Waals surface area contributed by atoms with Crippen molar-refractivity contribution in [1.29, 1.82) is 0 Å². The van der Waals surface area contributed by atoms with E-state index < -0.39 is 13.9 Å². The summed E-state index contributed by atoms with van der Waals surface area (Å²) in [5, 5.41) is 0.0863. The van der Waals surface area contributed by atoms with Crippen LogP contribution in [0.25, 0.3) is 10.3 Å². The minimum Gasteiger partial charge on any atom is -0.444 e. The molecule has 2 aromatic heterocycles. The molecule has 0 fully saturated rings. The summed E-state index contributed by atoms with van der Waals surface area (Å²) in [4.78, 5) is 19.1. The van der Waals surface area contributed by atoms with Crippen LogP contribution >= 0.6 is 11.3 Å². The summed E-state index contributed by atoms with van der Waals surface area (Å²) in [7, 11) is -0.0168. The van der Waals surface area contributed by atoms with Gasteiger partial charge in [-0.3, -0.25) is 4.90 Å². The van der Waals surface area contributed by atoms with E-state index in [4.69, 9.17) is 9.16 Å². The molecule has 8 heteroatoms. The third kappa shape index (κ3) is 3.86. The summed E-state index contributed by atoms with van der Waals surface area (Å²) in [5.74, 6) is 0. The minimum absolute atomic E-state index is 0.0863. The van der Waals surface area contributed by atoms with Gasteiger partial charge in [-0.1, -0.05) is 20.8 Å². The van der Waals surface area contributed by atoms with Crippen LogP contribution in [0.5, 0.6) is 0 Å². The van der Waals surface area contributed by atoms with Crippen molar-refractivity contribution in [3.05, 3.63) is 16.8 Å². The second-order valence-electron chi connectivity index (χ2n) is 10.2. The van der Waals surface area contributed by atoms with Crippen molar-refractivity contribution < 1.29 is 14.0 Å². The first-order chi connectivity index (χ1) is 12.7. The molecule has 1 aliphatic heterocycles. The molecule has 1 aliphatic rings. The fourth-order valence-corrected chi connectivity index (χ4v) is 5.44. The Hall–Kier alpha value is -1.38.